The quantitative estimate of drug-likeness (QED) is 0.802. The first-order valence-corrected chi connectivity index (χ1v) is 7.76. The molecule has 0 bridgehead atoms. The Morgan fingerprint density at radius 1 is 1.08 bits per heavy atom. The Hall–Kier alpha value is -2.37. The molecule has 0 aliphatic heterocycles. The summed E-state index contributed by atoms with van der Waals surface area (Å²) in [6.07, 6.45) is 0.354. The highest BCUT2D eigenvalue weighted by atomic mass is 35.5. The predicted octanol–water partition coefficient (Wildman–Crippen LogP) is 2.70. The maximum Gasteiger partial charge on any atom is 0.323 e. The number of amides is 1. The first kappa shape index (κ1) is 20.7. The van der Waals surface area contributed by atoms with Crippen LogP contribution in [-0.2, 0) is 27.4 Å². The van der Waals surface area contributed by atoms with Crippen molar-refractivity contribution in [2.24, 2.45) is 5.73 Å². The number of ether oxygens (including phenoxy) is 1. The van der Waals surface area contributed by atoms with Crippen LogP contribution in [0.15, 0.2) is 54.6 Å². The Kier molecular flexibility index (Phi) is 8.11. The van der Waals surface area contributed by atoms with Crippen LogP contribution in [0.4, 0.5) is 5.69 Å². The molecule has 0 saturated heterocycles. The Balaban J connectivity index is 0.00000312. The Morgan fingerprint density at radius 2 is 1.72 bits per heavy atom. The molecule has 2 aromatic carbocycles. The van der Waals surface area contributed by atoms with Gasteiger partial charge < -0.3 is 15.4 Å². The lowest BCUT2D eigenvalue weighted by Crippen LogP contribution is -2.34. The molecule has 2 aromatic rings. The minimum absolute atomic E-state index is 0. The third-order valence-corrected chi connectivity index (χ3v) is 3.75. The van der Waals surface area contributed by atoms with Gasteiger partial charge in [0.2, 0.25) is 5.91 Å². The number of nitrogens with two attached hydrogens (primary N) is 1. The number of carbonyl (C=O) groups is 2. The number of hydrogen-bond acceptors (Lipinski definition) is 4. The van der Waals surface area contributed by atoms with E-state index < -0.39 is 12.0 Å². The third-order valence-electron chi connectivity index (χ3n) is 3.75. The molecule has 25 heavy (non-hydrogen) atoms. The number of halogens is 1. The fourth-order valence-corrected chi connectivity index (χ4v) is 2.25. The van der Waals surface area contributed by atoms with E-state index in [2.05, 4.69) is 0 Å². The van der Waals surface area contributed by atoms with Crippen LogP contribution in [-0.4, -0.2) is 25.0 Å². The Bertz CT molecular complexity index is 707. The van der Waals surface area contributed by atoms with E-state index in [0.29, 0.717) is 6.42 Å². The summed E-state index contributed by atoms with van der Waals surface area (Å²) in [7, 11) is 1.70. The highest BCUT2D eigenvalue weighted by Gasteiger charge is 2.16. The maximum absolute atomic E-state index is 12.0. The van der Waals surface area contributed by atoms with Crippen LogP contribution in [0.2, 0.25) is 0 Å². The highest BCUT2D eigenvalue weighted by Crippen LogP contribution is 2.16. The van der Waals surface area contributed by atoms with Crippen molar-refractivity contribution in [3.63, 3.8) is 0 Å². The summed E-state index contributed by atoms with van der Waals surface area (Å²) in [5.74, 6) is -0.497. The maximum atomic E-state index is 12.0. The highest BCUT2D eigenvalue weighted by molar-refractivity contribution is 5.90. The van der Waals surface area contributed by atoms with Gasteiger partial charge in [0, 0.05) is 19.7 Å². The summed E-state index contributed by atoms with van der Waals surface area (Å²) in [5.41, 5.74) is 8.51. The molecule has 0 fully saturated rings. The molecule has 0 saturated carbocycles. The van der Waals surface area contributed by atoms with E-state index >= 15 is 0 Å². The monoisotopic (exact) mass is 362 g/mol. The summed E-state index contributed by atoms with van der Waals surface area (Å²) in [6, 6.07) is 16.1. The predicted molar refractivity (Wildman–Crippen MR) is 101 cm³/mol. The minimum atomic E-state index is -0.744. The second-order valence-corrected chi connectivity index (χ2v) is 5.65. The van der Waals surface area contributed by atoms with Gasteiger partial charge in [0.05, 0.1) is 0 Å². The standard InChI is InChI=1S/C19H22N2O3.ClH/c1-14(22)21(2)17-10-6-9-16(11-17)12-18(20)19(23)24-13-15-7-4-3-5-8-15;/h3-11,18H,12-13,20H2,1-2H3;1H/t18-;/m0./s1. The van der Waals surface area contributed by atoms with Crippen molar-refractivity contribution in [1.29, 1.82) is 0 Å². The molecule has 0 aliphatic carbocycles. The van der Waals surface area contributed by atoms with Crippen LogP contribution in [0.1, 0.15) is 18.1 Å². The van der Waals surface area contributed by atoms with Crippen LogP contribution < -0.4 is 10.6 Å². The molecular weight excluding hydrogens is 340 g/mol. The van der Waals surface area contributed by atoms with Crippen molar-refractivity contribution >= 4 is 30.0 Å². The first-order valence-electron chi connectivity index (χ1n) is 7.76. The lowest BCUT2D eigenvalue weighted by molar-refractivity contribution is -0.146. The molecule has 0 unspecified atom stereocenters. The third kappa shape index (κ3) is 6.21. The summed E-state index contributed by atoms with van der Waals surface area (Å²) in [6.45, 7) is 1.71. The molecule has 1 atom stereocenters. The second-order valence-electron chi connectivity index (χ2n) is 5.65. The van der Waals surface area contributed by atoms with Crippen LogP contribution in [0.25, 0.3) is 0 Å². The van der Waals surface area contributed by atoms with Gasteiger partial charge in [-0.2, -0.15) is 0 Å². The van der Waals surface area contributed by atoms with Gasteiger partial charge >= 0.3 is 5.97 Å². The summed E-state index contributed by atoms with van der Waals surface area (Å²) >= 11 is 0. The molecule has 134 valence electrons. The molecule has 0 radical (unpaired) electrons. The number of rotatable bonds is 6. The van der Waals surface area contributed by atoms with E-state index in [1.54, 1.807) is 11.9 Å². The van der Waals surface area contributed by atoms with Crippen molar-refractivity contribution in [1.82, 2.24) is 0 Å². The number of benzene rings is 2. The van der Waals surface area contributed by atoms with Crippen molar-refractivity contribution in [3.8, 4) is 0 Å². The zero-order valence-electron chi connectivity index (χ0n) is 14.3. The van der Waals surface area contributed by atoms with Crippen LogP contribution in [0.5, 0.6) is 0 Å². The lowest BCUT2D eigenvalue weighted by Gasteiger charge is -2.17. The van der Waals surface area contributed by atoms with E-state index in [9.17, 15) is 9.59 Å². The minimum Gasteiger partial charge on any atom is -0.460 e. The largest absolute Gasteiger partial charge is 0.460 e. The molecule has 1 amide bonds. The van der Waals surface area contributed by atoms with E-state index in [1.807, 2.05) is 54.6 Å². The van der Waals surface area contributed by atoms with Gasteiger partial charge in [-0.25, -0.2) is 0 Å². The molecule has 5 nitrogen and oxygen atoms in total. The summed E-state index contributed by atoms with van der Waals surface area (Å²) < 4.78 is 5.25. The zero-order valence-corrected chi connectivity index (χ0v) is 15.2. The number of nitrogens with zero attached hydrogens (tertiary/aromatic N) is 1. The van der Waals surface area contributed by atoms with Gasteiger partial charge in [-0.15, -0.1) is 12.4 Å². The van der Waals surface area contributed by atoms with Gasteiger partial charge in [0.1, 0.15) is 12.6 Å². The van der Waals surface area contributed by atoms with Crippen molar-refractivity contribution in [2.75, 3.05) is 11.9 Å². The van der Waals surface area contributed by atoms with Crippen molar-refractivity contribution in [2.45, 2.75) is 26.0 Å². The smallest absolute Gasteiger partial charge is 0.323 e. The van der Waals surface area contributed by atoms with E-state index in [4.69, 9.17) is 10.5 Å². The molecule has 0 aromatic heterocycles. The second kappa shape index (κ2) is 9.81. The summed E-state index contributed by atoms with van der Waals surface area (Å²) in [4.78, 5) is 25.0. The average molecular weight is 363 g/mol. The van der Waals surface area contributed by atoms with Gasteiger partial charge in [-0.3, -0.25) is 9.59 Å². The Morgan fingerprint density at radius 3 is 2.36 bits per heavy atom. The SMILES string of the molecule is CC(=O)N(C)c1cccc(C[C@H](N)C(=O)OCc2ccccc2)c1.Cl. The number of carbonyl (C=O) groups excluding carboxylic acids is 2. The van der Waals surface area contributed by atoms with E-state index in [0.717, 1.165) is 16.8 Å². The van der Waals surface area contributed by atoms with Crippen molar-refractivity contribution in [3.05, 3.63) is 65.7 Å². The fraction of sp³-hybridized carbons (Fsp3) is 0.263. The van der Waals surface area contributed by atoms with Gasteiger partial charge in [0.15, 0.2) is 0 Å². The van der Waals surface area contributed by atoms with Crippen LogP contribution in [0.3, 0.4) is 0 Å². The molecule has 6 heteroatoms. The molecule has 2 N–H and O–H groups in total. The average Bonchev–Trinajstić information content (AvgIpc) is 2.60. The molecule has 2 rings (SSSR count). The van der Waals surface area contributed by atoms with E-state index in [-0.39, 0.29) is 24.9 Å². The molecular formula is C19H23ClN2O3. The topological polar surface area (TPSA) is 72.6 Å². The normalized spacial score (nSPS) is 11.2. The van der Waals surface area contributed by atoms with Gasteiger partial charge in [-0.05, 0) is 29.7 Å². The number of esters is 1. The number of hydrogen-bond donors (Lipinski definition) is 1. The zero-order chi connectivity index (χ0) is 17.5. The number of anilines is 1. The van der Waals surface area contributed by atoms with E-state index in [1.165, 1.54) is 6.92 Å². The van der Waals surface area contributed by atoms with Gasteiger partial charge in [0.25, 0.3) is 0 Å². The van der Waals surface area contributed by atoms with Gasteiger partial charge in [-0.1, -0.05) is 42.5 Å². The fourth-order valence-electron chi connectivity index (χ4n) is 2.25. The van der Waals surface area contributed by atoms with Crippen LogP contribution in [0, 0.1) is 0 Å². The molecule has 0 aliphatic rings. The van der Waals surface area contributed by atoms with Crippen molar-refractivity contribution < 1.29 is 14.3 Å². The molecule has 0 spiro atoms. The molecule has 0 heterocycles. The van der Waals surface area contributed by atoms with Crippen LogP contribution >= 0.6 is 12.4 Å². The Labute approximate surface area is 154 Å². The first-order chi connectivity index (χ1) is 11.5. The lowest BCUT2D eigenvalue weighted by atomic mass is 10.1. The summed E-state index contributed by atoms with van der Waals surface area (Å²) in [5, 5.41) is 0.